The number of piperidine rings is 1. The fraction of sp³-hybridized carbons (Fsp3) is 0.526. The quantitative estimate of drug-likeness (QED) is 0.802. The number of methoxy groups -OCH3 is 1. The normalized spacial score (nSPS) is 16.0. The molecule has 1 aliphatic rings. The van der Waals surface area contributed by atoms with Crippen molar-refractivity contribution in [2.45, 2.75) is 45.7 Å². The minimum atomic E-state index is -0.0909. The summed E-state index contributed by atoms with van der Waals surface area (Å²) in [6, 6.07) is 8.42. The summed E-state index contributed by atoms with van der Waals surface area (Å²) in [5.41, 5.74) is 1.22. The number of nitrogens with one attached hydrogen (secondary N) is 1. The Balaban J connectivity index is 1.83. The number of carbonyl (C=O) groups is 1. The van der Waals surface area contributed by atoms with Crippen LogP contribution in [0.2, 0.25) is 0 Å². The van der Waals surface area contributed by atoms with Crippen LogP contribution in [0.15, 0.2) is 24.3 Å². The Bertz CT molecular complexity index is 746. The van der Waals surface area contributed by atoms with Crippen molar-refractivity contribution in [3.05, 3.63) is 30.0 Å². The maximum Gasteiger partial charge on any atom is 0.183 e. The molecule has 0 bridgehead atoms. The minimum Gasteiger partial charge on any atom is -0.497 e. The van der Waals surface area contributed by atoms with Crippen molar-refractivity contribution in [3.8, 4) is 11.4 Å². The van der Waals surface area contributed by atoms with E-state index in [4.69, 9.17) is 4.74 Å². The van der Waals surface area contributed by atoms with Gasteiger partial charge in [-0.25, -0.2) is 0 Å². The summed E-state index contributed by atoms with van der Waals surface area (Å²) in [5.74, 6) is 1.36. The molecule has 0 atom stereocenters. The Morgan fingerprint density at radius 1 is 1.23 bits per heavy atom. The molecule has 0 saturated carbocycles. The van der Waals surface area contributed by atoms with Gasteiger partial charge < -0.3 is 15.0 Å². The zero-order valence-electron chi connectivity index (χ0n) is 15.9. The predicted molar refractivity (Wildman–Crippen MR) is 101 cm³/mol. The van der Waals surface area contributed by atoms with Gasteiger partial charge in [-0.15, -0.1) is 5.10 Å². The molecule has 0 aliphatic carbocycles. The van der Waals surface area contributed by atoms with Crippen LogP contribution in [-0.4, -0.2) is 58.0 Å². The van der Waals surface area contributed by atoms with Crippen molar-refractivity contribution < 1.29 is 9.53 Å². The number of carbonyl (C=O) groups excluding carboxylic acids is 1. The summed E-state index contributed by atoms with van der Waals surface area (Å²) in [6.07, 6.45) is 2.06. The topological polar surface area (TPSA) is 72.3 Å². The molecule has 1 saturated heterocycles. The number of rotatable bonds is 6. The number of hydrogen-bond donors (Lipinski definition) is 1. The molecule has 140 valence electrons. The Kier molecular flexibility index (Phi) is 5.56. The second-order valence-corrected chi connectivity index (χ2v) is 7.00. The van der Waals surface area contributed by atoms with Gasteiger partial charge in [0.15, 0.2) is 17.3 Å². The van der Waals surface area contributed by atoms with Crippen molar-refractivity contribution >= 4 is 11.6 Å². The average molecular weight is 357 g/mol. The SMILES string of the molecule is COc1ccc(-n2nnc(C(C)=O)c2NC2CCN(C(C)C)CC2)cc1. The Hall–Kier alpha value is -2.41. The van der Waals surface area contributed by atoms with Gasteiger partial charge in [0.05, 0.1) is 12.8 Å². The highest BCUT2D eigenvalue weighted by Crippen LogP contribution is 2.24. The first-order valence-corrected chi connectivity index (χ1v) is 9.11. The molecular formula is C19H27N5O2. The molecule has 2 aromatic rings. The molecule has 0 unspecified atom stereocenters. The summed E-state index contributed by atoms with van der Waals surface area (Å²) in [7, 11) is 1.63. The molecule has 0 spiro atoms. The van der Waals surface area contributed by atoms with Crippen LogP contribution in [0.5, 0.6) is 5.75 Å². The first kappa shape index (κ1) is 18.4. The molecule has 26 heavy (non-hydrogen) atoms. The van der Waals surface area contributed by atoms with Crippen LogP contribution < -0.4 is 10.1 Å². The molecule has 1 N–H and O–H groups in total. The number of ether oxygens (including phenoxy) is 1. The number of anilines is 1. The predicted octanol–water partition coefficient (Wildman–Crippen LogP) is 2.76. The van der Waals surface area contributed by atoms with Gasteiger partial charge in [0, 0.05) is 32.1 Å². The molecule has 2 heterocycles. The number of nitrogens with zero attached hydrogens (tertiary/aromatic N) is 4. The van der Waals surface area contributed by atoms with Crippen LogP contribution in [-0.2, 0) is 0 Å². The second-order valence-electron chi connectivity index (χ2n) is 7.00. The first-order chi connectivity index (χ1) is 12.5. The van der Waals surface area contributed by atoms with Gasteiger partial charge in [-0.3, -0.25) is 4.79 Å². The Morgan fingerprint density at radius 3 is 2.42 bits per heavy atom. The van der Waals surface area contributed by atoms with Crippen molar-refractivity contribution in [1.29, 1.82) is 0 Å². The summed E-state index contributed by atoms with van der Waals surface area (Å²) >= 11 is 0. The number of benzene rings is 1. The third-order valence-corrected chi connectivity index (χ3v) is 4.92. The van der Waals surface area contributed by atoms with Crippen molar-refractivity contribution in [1.82, 2.24) is 19.9 Å². The molecule has 0 amide bonds. The van der Waals surface area contributed by atoms with E-state index in [-0.39, 0.29) is 5.78 Å². The molecule has 1 aromatic carbocycles. The van der Waals surface area contributed by atoms with E-state index >= 15 is 0 Å². The van der Waals surface area contributed by atoms with Gasteiger partial charge in [-0.2, -0.15) is 4.68 Å². The van der Waals surface area contributed by atoms with E-state index in [1.807, 2.05) is 24.3 Å². The van der Waals surface area contributed by atoms with Crippen LogP contribution in [0.4, 0.5) is 5.82 Å². The smallest absolute Gasteiger partial charge is 0.183 e. The van der Waals surface area contributed by atoms with Gasteiger partial charge in [0.25, 0.3) is 0 Å². The number of ketones is 1. The Morgan fingerprint density at radius 2 is 1.88 bits per heavy atom. The van der Waals surface area contributed by atoms with Gasteiger partial charge in [-0.1, -0.05) is 5.21 Å². The van der Waals surface area contributed by atoms with Crippen molar-refractivity contribution in [3.63, 3.8) is 0 Å². The highest BCUT2D eigenvalue weighted by molar-refractivity contribution is 5.96. The lowest BCUT2D eigenvalue weighted by atomic mass is 10.0. The maximum atomic E-state index is 12.0. The van der Waals surface area contributed by atoms with E-state index in [2.05, 4.69) is 34.4 Å². The van der Waals surface area contributed by atoms with E-state index in [0.717, 1.165) is 37.4 Å². The lowest BCUT2D eigenvalue weighted by Gasteiger charge is -2.35. The molecule has 0 radical (unpaired) electrons. The lowest BCUT2D eigenvalue weighted by Crippen LogP contribution is -2.42. The molecule has 1 aliphatic heterocycles. The largest absolute Gasteiger partial charge is 0.497 e. The van der Waals surface area contributed by atoms with Crippen molar-refractivity contribution in [2.75, 3.05) is 25.5 Å². The van der Waals surface area contributed by atoms with Gasteiger partial charge >= 0.3 is 0 Å². The van der Waals surface area contributed by atoms with Crippen LogP contribution >= 0.6 is 0 Å². The monoisotopic (exact) mass is 357 g/mol. The summed E-state index contributed by atoms with van der Waals surface area (Å²) in [4.78, 5) is 14.5. The number of aromatic nitrogens is 3. The summed E-state index contributed by atoms with van der Waals surface area (Å²) in [5, 5.41) is 11.8. The average Bonchev–Trinajstić information content (AvgIpc) is 3.06. The number of hydrogen-bond acceptors (Lipinski definition) is 6. The third kappa shape index (κ3) is 3.88. The van der Waals surface area contributed by atoms with Crippen LogP contribution in [0.25, 0.3) is 5.69 Å². The van der Waals surface area contributed by atoms with Crippen LogP contribution in [0.1, 0.15) is 44.1 Å². The second kappa shape index (κ2) is 7.86. The molecular weight excluding hydrogens is 330 g/mol. The fourth-order valence-electron chi connectivity index (χ4n) is 3.31. The standard InChI is InChI=1S/C19H27N5O2/c1-13(2)23-11-9-15(10-12-23)20-19-18(14(3)25)21-22-24(19)16-5-7-17(26-4)8-6-16/h5-8,13,15,20H,9-12H2,1-4H3. The van der Waals surface area contributed by atoms with Crippen LogP contribution in [0, 0.1) is 0 Å². The Labute approximate surface area is 154 Å². The van der Waals surface area contributed by atoms with E-state index < -0.39 is 0 Å². The van der Waals surface area contributed by atoms with Crippen LogP contribution in [0.3, 0.4) is 0 Å². The zero-order valence-corrected chi connectivity index (χ0v) is 15.9. The van der Waals surface area contributed by atoms with E-state index in [1.165, 1.54) is 6.92 Å². The van der Waals surface area contributed by atoms with Gasteiger partial charge in [0.2, 0.25) is 0 Å². The molecule has 1 aromatic heterocycles. The fourth-order valence-corrected chi connectivity index (χ4v) is 3.31. The van der Waals surface area contributed by atoms with Gasteiger partial charge in [0.1, 0.15) is 5.75 Å². The molecule has 7 nitrogen and oxygen atoms in total. The highest BCUT2D eigenvalue weighted by Gasteiger charge is 2.25. The molecule has 3 rings (SSSR count). The van der Waals surface area contributed by atoms with E-state index in [0.29, 0.717) is 23.6 Å². The maximum absolute atomic E-state index is 12.0. The van der Waals surface area contributed by atoms with E-state index in [1.54, 1.807) is 11.8 Å². The molecule has 7 heteroatoms. The summed E-state index contributed by atoms with van der Waals surface area (Å²) < 4.78 is 6.91. The first-order valence-electron chi connectivity index (χ1n) is 9.11. The third-order valence-electron chi connectivity index (χ3n) is 4.92. The highest BCUT2D eigenvalue weighted by atomic mass is 16.5. The van der Waals surface area contributed by atoms with Crippen molar-refractivity contribution in [2.24, 2.45) is 0 Å². The lowest BCUT2D eigenvalue weighted by molar-refractivity contribution is 0.101. The number of Topliss-reactive ketones (excluding diaryl/α,β-unsaturated/α-hetero) is 1. The molecule has 1 fully saturated rings. The van der Waals surface area contributed by atoms with E-state index in [9.17, 15) is 4.79 Å². The minimum absolute atomic E-state index is 0.0909. The zero-order chi connectivity index (χ0) is 18.7. The number of likely N-dealkylation sites (tertiary alicyclic amines) is 1. The van der Waals surface area contributed by atoms with Gasteiger partial charge in [-0.05, 0) is 51.0 Å². The summed E-state index contributed by atoms with van der Waals surface area (Å²) in [6.45, 7) is 8.08.